The molecule has 0 aromatic carbocycles. The first-order chi connectivity index (χ1) is 8.12. The van der Waals surface area contributed by atoms with E-state index in [9.17, 15) is 18.4 Å². The molecule has 9 heteroatoms. The van der Waals surface area contributed by atoms with E-state index in [0.717, 1.165) is 12.4 Å². The van der Waals surface area contributed by atoms with Crippen LogP contribution in [-0.2, 0) is 19.6 Å². The Morgan fingerprint density at radius 1 is 1.67 bits per heavy atom. The highest BCUT2D eigenvalue weighted by atomic mass is 35.5. The smallest absolute Gasteiger partial charge is 0.303 e. The Morgan fingerprint density at radius 2 is 2.22 bits per heavy atom. The average Bonchev–Trinajstić information content (AvgIpc) is 2.21. The largest absolute Gasteiger partial charge is 0.450 e. The van der Waals surface area contributed by atoms with Gasteiger partial charge in [-0.25, -0.2) is 18.8 Å². The van der Waals surface area contributed by atoms with Crippen LogP contribution in [0.2, 0.25) is 0 Å². The first-order valence-electron chi connectivity index (χ1n) is 4.89. The Labute approximate surface area is 109 Å². The van der Waals surface area contributed by atoms with Gasteiger partial charge in [-0.15, -0.1) is 0 Å². The summed E-state index contributed by atoms with van der Waals surface area (Å²) in [7, 11) is -4.16. The molecule has 0 saturated heterocycles. The molecule has 2 atom stereocenters. The number of hydrogen-bond acceptors (Lipinski definition) is 5. The fourth-order valence-corrected chi connectivity index (χ4v) is 3.00. The maximum Gasteiger partial charge on any atom is 0.303 e. The molecular weight excluding hydrogens is 284 g/mol. The number of hydrogen-bond donors (Lipinski definition) is 3. The van der Waals surface area contributed by atoms with E-state index < -0.39 is 32.5 Å². The highest BCUT2D eigenvalue weighted by Crippen LogP contribution is 2.32. The van der Waals surface area contributed by atoms with Gasteiger partial charge in [0.15, 0.2) is 5.54 Å². The van der Waals surface area contributed by atoms with Crippen molar-refractivity contribution in [2.24, 2.45) is 5.14 Å². The van der Waals surface area contributed by atoms with Crippen LogP contribution in [0.1, 0.15) is 13.8 Å². The molecule has 18 heavy (non-hydrogen) atoms. The predicted octanol–water partition coefficient (Wildman–Crippen LogP) is -1.06. The van der Waals surface area contributed by atoms with Crippen molar-refractivity contribution in [3.05, 3.63) is 22.1 Å². The summed E-state index contributed by atoms with van der Waals surface area (Å²) in [6, 6.07) is 0. The van der Waals surface area contributed by atoms with Gasteiger partial charge in [-0.2, -0.15) is 5.48 Å². The van der Waals surface area contributed by atoms with Crippen LogP contribution in [-0.4, -0.2) is 31.2 Å². The number of quaternary nitrogens is 1. The molecule has 0 aliphatic heterocycles. The summed E-state index contributed by atoms with van der Waals surface area (Å²) in [6.45, 7) is 2.59. The van der Waals surface area contributed by atoms with Gasteiger partial charge in [-0.1, -0.05) is 11.6 Å². The molecule has 0 heterocycles. The Hall–Kier alpha value is -0.930. The molecule has 0 amide bonds. The highest BCUT2D eigenvalue weighted by molar-refractivity contribution is 7.93. The van der Waals surface area contributed by atoms with Crippen molar-refractivity contribution >= 4 is 27.6 Å². The molecule has 0 aromatic rings. The van der Waals surface area contributed by atoms with Crippen molar-refractivity contribution in [1.29, 1.82) is 0 Å². The normalized spacial score (nSPS) is 28.4. The Morgan fingerprint density at radius 3 is 2.61 bits per heavy atom. The Kier molecular flexibility index (Phi) is 4.19. The molecule has 0 fully saturated rings. The molecule has 7 nitrogen and oxygen atoms in total. The van der Waals surface area contributed by atoms with E-state index in [1.54, 1.807) is 0 Å². The van der Waals surface area contributed by atoms with E-state index in [1.807, 2.05) is 0 Å². The lowest BCUT2D eigenvalue weighted by Crippen LogP contribution is -2.96. The van der Waals surface area contributed by atoms with Gasteiger partial charge in [-0.05, 0) is 12.2 Å². The minimum Gasteiger partial charge on any atom is -0.450 e. The second-order valence-corrected chi connectivity index (χ2v) is 6.01. The number of carbonyl (C=O) groups excluding carboxylic acids is 1. The molecule has 1 rings (SSSR count). The fourth-order valence-electron chi connectivity index (χ4n) is 1.57. The number of halogens is 1. The lowest BCUT2D eigenvalue weighted by molar-refractivity contribution is -0.929. The summed E-state index contributed by atoms with van der Waals surface area (Å²) in [5, 5.41) is 14.1. The minimum absolute atomic E-state index is 0.150. The van der Waals surface area contributed by atoms with E-state index in [2.05, 4.69) is 0 Å². The SMILES string of the molecule is CC(=O)OC1C(S(N)(=O)=O)=C(Cl)C=CC1(C)[NH2+]O. The second-order valence-electron chi connectivity index (χ2n) is 4.08. The molecule has 0 aromatic heterocycles. The molecule has 0 saturated carbocycles. The van der Waals surface area contributed by atoms with Gasteiger partial charge in [0, 0.05) is 13.8 Å². The first-order valence-corrected chi connectivity index (χ1v) is 6.82. The number of carbonyl (C=O) groups is 1. The summed E-state index contributed by atoms with van der Waals surface area (Å²) >= 11 is 5.78. The van der Waals surface area contributed by atoms with Gasteiger partial charge in [0.05, 0.1) is 5.03 Å². The topological polar surface area (TPSA) is 123 Å². The van der Waals surface area contributed by atoms with Gasteiger partial charge >= 0.3 is 5.97 Å². The molecule has 0 bridgehead atoms. The average molecular weight is 298 g/mol. The summed E-state index contributed by atoms with van der Waals surface area (Å²) in [6.07, 6.45) is 1.42. The lowest BCUT2D eigenvalue weighted by Gasteiger charge is -2.32. The second kappa shape index (κ2) is 4.98. The maximum absolute atomic E-state index is 11.5. The van der Waals surface area contributed by atoms with Crippen LogP contribution in [0.15, 0.2) is 22.1 Å². The van der Waals surface area contributed by atoms with Gasteiger partial charge in [0.25, 0.3) is 0 Å². The van der Waals surface area contributed by atoms with Gasteiger partial charge in [0.1, 0.15) is 4.91 Å². The number of ether oxygens (including phenoxy) is 1. The van der Waals surface area contributed by atoms with Crippen LogP contribution in [0.25, 0.3) is 0 Å². The molecule has 1 aliphatic carbocycles. The molecule has 0 spiro atoms. The molecule has 5 N–H and O–H groups in total. The number of sulfonamides is 1. The standard InChI is InChI=1S/C9H13ClN2O5S/c1-5(13)17-8-7(18(11,15)16)6(10)3-4-9(8,2)12-14/h3-4,8,12,14H,1-2H3,(H2,11,15,16)/p+1. The molecule has 1 aliphatic rings. The van der Waals surface area contributed by atoms with E-state index in [1.165, 1.54) is 19.1 Å². The zero-order valence-electron chi connectivity index (χ0n) is 9.75. The van der Waals surface area contributed by atoms with Crippen LogP contribution in [0.5, 0.6) is 0 Å². The monoisotopic (exact) mass is 297 g/mol. The summed E-state index contributed by atoms with van der Waals surface area (Å²) in [5.41, 5.74) is -0.489. The lowest BCUT2D eigenvalue weighted by atomic mass is 9.91. The first kappa shape index (κ1) is 15.1. The van der Waals surface area contributed by atoms with E-state index >= 15 is 0 Å². The van der Waals surface area contributed by atoms with Crippen LogP contribution in [0, 0.1) is 0 Å². The van der Waals surface area contributed by atoms with Crippen LogP contribution in [0.4, 0.5) is 0 Å². The van der Waals surface area contributed by atoms with E-state index in [0.29, 0.717) is 0 Å². The number of esters is 1. The summed E-state index contributed by atoms with van der Waals surface area (Å²) in [4.78, 5) is 10.6. The van der Waals surface area contributed by atoms with Crippen LogP contribution >= 0.6 is 11.6 Å². The summed E-state index contributed by atoms with van der Waals surface area (Å²) < 4.78 is 27.9. The van der Waals surface area contributed by atoms with Crippen molar-refractivity contribution in [3.8, 4) is 0 Å². The third-order valence-electron chi connectivity index (χ3n) is 2.50. The number of nitrogens with two attached hydrogens (primary N) is 2. The predicted molar refractivity (Wildman–Crippen MR) is 62.8 cm³/mol. The van der Waals surface area contributed by atoms with Crippen LogP contribution < -0.4 is 10.6 Å². The zero-order valence-corrected chi connectivity index (χ0v) is 11.3. The van der Waals surface area contributed by atoms with Gasteiger partial charge in [0.2, 0.25) is 16.1 Å². The van der Waals surface area contributed by atoms with E-state index in [4.69, 9.17) is 21.5 Å². The minimum atomic E-state index is -4.16. The summed E-state index contributed by atoms with van der Waals surface area (Å²) in [5.74, 6) is -0.714. The van der Waals surface area contributed by atoms with Crippen molar-refractivity contribution in [3.63, 3.8) is 0 Å². The molecular formula is C9H14ClN2O5S+. The third kappa shape index (κ3) is 2.90. The van der Waals surface area contributed by atoms with Gasteiger partial charge < -0.3 is 4.74 Å². The number of primary sulfonamides is 1. The number of hydroxylamine groups is 1. The van der Waals surface area contributed by atoms with Crippen LogP contribution in [0.3, 0.4) is 0 Å². The third-order valence-corrected chi connectivity index (χ3v) is 3.98. The Balaban J connectivity index is 3.40. The maximum atomic E-state index is 11.5. The quantitative estimate of drug-likeness (QED) is 0.452. The molecule has 0 radical (unpaired) electrons. The number of rotatable bonds is 3. The van der Waals surface area contributed by atoms with Crippen molar-refractivity contribution in [2.45, 2.75) is 25.5 Å². The molecule has 2 unspecified atom stereocenters. The van der Waals surface area contributed by atoms with Gasteiger partial charge in [-0.3, -0.25) is 4.79 Å². The molecule has 102 valence electrons. The Bertz CT molecular complexity index is 527. The van der Waals surface area contributed by atoms with Crippen molar-refractivity contribution in [2.75, 3.05) is 0 Å². The van der Waals surface area contributed by atoms with Crippen molar-refractivity contribution in [1.82, 2.24) is 0 Å². The van der Waals surface area contributed by atoms with Crippen molar-refractivity contribution < 1.29 is 28.6 Å². The highest BCUT2D eigenvalue weighted by Gasteiger charge is 2.48. The van der Waals surface area contributed by atoms with E-state index in [-0.39, 0.29) is 5.03 Å². The number of allylic oxidation sites excluding steroid dienone is 2. The fraction of sp³-hybridized carbons (Fsp3) is 0.444. The zero-order chi connectivity index (χ0) is 14.1.